The predicted octanol–water partition coefficient (Wildman–Crippen LogP) is 3.07. The maximum atomic E-state index is 5.86. The number of benzene rings is 2. The van der Waals surface area contributed by atoms with Crippen molar-refractivity contribution in [1.29, 1.82) is 0 Å². The number of nitrogens with two attached hydrogens (primary N) is 1. The van der Waals surface area contributed by atoms with Crippen molar-refractivity contribution in [1.82, 2.24) is 15.0 Å². The zero-order valence-corrected chi connectivity index (χ0v) is 13.0. The highest BCUT2D eigenvalue weighted by molar-refractivity contribution is 5.65. The van der Waals surface area contributed by atoms with Crippen molar-refractivity contribution in [3.63, 3.8) is 0 Å². The molecule has 0 saturated heterocycles. The summed E-state index contributed by atoms with van der Waals surface area (Å²) in [5.41, 5.74) is 12.5. The lowest BCUT2D eigenvalue weighted by molar-refractivity contribution is 0.652. The van der Waals surface area contributed by atoms with Crippen molar-refractivity contribution >= 4 is 0 Å². The summed E-state index contributed by atoms with van der Waals surface area (Å²) >= 11 is 0. The summed E-state index contributed by atoms with van der Waals surface area (Å²) in [5, 5.41) is 8.59. The second-order valence-corrected chi connectivity index (χ2v) is 5.49. The van der Waals surface area contributed by atoms with Crippen molar-refractivity contribution in [2.75, 3.05) is 0 Å². The fourth-order valence-electron chi connectivity index (χ4n) is 2.68. The van der Waals surface area contributed by atoms with Gasteiger partial charge in [-0.05, 0) is 30.5 Å². The fraction of sp³-hybridized carbons (Fsp3) is 0.222. The summed E-state index contributed by atoms with van der Waals surface area (Å²) in [6.45, 7) is 5.30. The monoisotopic (exact) mass is 292 g/mol. The van der Waals surface area contributed by atoms with E-state index in [0.717, 1.165) is 17.0 Å². The smallest absolute Gasteiger partial charge is 0.104 e. The van der Waals surface area contributed by atoms with Gasteiger partial charge in [0.15, 0.2) is 0 Å². The van der Waals surface area contributed by atoms with Gasteiger partial charge in [0.1, 0.15) is 5.69 Å². The molecule has 0 amide bonds. The van der Waals surface area contributed by atoms with Crippen LogP contribution < -0.4 is 5.73 Å². The Morgan fingerprint density at radius 3 is 2.32 bits per heavy atom. The molecule has 3 rings (SSSR count). The Balaban J connectivity index is 2.09. The molecule has 0 aliphatic heterocycles. The van der Waals surface area contributed by atoms with E-state index in [1.807, 2.05) is 22.9 Å². The van der Waals surface area contributed by atoms with Crippen LogP contribution in [0.4, 0.5) is 0 Å². The first-order valence-corrected chi connectivity index (χ1v) is 7.43. The van der Waals surface area contributed by atoms with Crippen LogP contribution in [-0.4, -0.2) is 15.0 Å². The molecule has 2 aromatic carbocycles. The van der Waals surface area contributed by atoms with Crippen molar-refractivity contribution in [2.45, 2.75) is 26.9 Å². The van der Waals surface area contributed by atoms with E-state index < -0.39 is 0 Å². The quantitative estimate of drug-likeness (QED) is 0.804. The topological polar surface area (TPSA) is 56.7 Å². The van der Waals surface area contributed by atoms with Crippen molar-refractivity contribution in [3.8, 4) is 11.3 Å². The molecule has 1 heterocycles. The molecular weight excluding hydrogens is 272 g/mol. The molecule has 112 valence electrons. The van der Waals surface area contributed by atoms with Gasteiger partial charge in [0.2, 0.25) is 0 Å². The van der Waals surface area contributed by atoms with Gasteiger partial charge >= 0.3 is 0 Å². The predicted molar refractivity (Wildman–Crippen MR) is 88.4 cm³/mol. The van der Waals surface area contributed by atoms with Crippen molar-refractivity contribution in [3.05, 3.63) is 70.9 Å². The Labute approximate surface area is 130 Å². The Kier molecular flexibility index (Phi) is 4.02. The molecule has 1 aromatic heterocycles. The molecule has 0 atom stereocenters. The Bertz CT molecular complexity index is 789. The second kappa shape index (κ2) is 6.12. The third-order valence-corrected chi connectivity index (χ3v) is 3.98. The summed E-state index contributed by atoms with van der Waals surface area (Å²) in [5.74, 6) is 0. The van der Waals surface area contributed by atoms with E-state index in [9.17, 15) is 0 Å². The molecule has 22 heavy (non-hydrogen) atoms. The van der Waals surface area contributed by atoms with Gasteiger partial charge in [-0.15, -0.1) is 5.10 Å². The minimum atomic E-state index is 0.386. The van der Waals surface area contributed by atoms with Crippen LogP contribution in [0.3, 0.4) is 0 Å². The van der Waals surface area contributed by atoms with Crippen LogP contribution in [0.2, 0.25) is 0 Å². The van der Waals surface area contributed by atoms with Crippen LogP contribution in [0.25, 0.3) is 11.3 Å². The zero-order chi connectivity index (χ0) is 15.5. The Morgan fingerprint density at radius 2 is 1.64 bits per heavy atom. The summed E-state index contributed by atoms with van der Waals surface area (Å²) < 4.78 is 1.95. The molecule has 0 spiro atoms. The Morgan fingerprint density at radius 1 is 0.955 bits per heavy atom. The van der Waals surface area contributed by atoms with Crippen LogP contribution in [0, 0.1) is 13.8 Å². The van der Waals surface area contributed by atoms with E-state index in [4.69, 9.17) is 5.73 Å². The maximum absolute atomic E-state index is 5.86. The fourth-order valence-corrected chi connectivity index (χ4v) is 2.68. The number of nitrogens with zero attached hydrogens (tertiary/aromatic N) is 3. The normalized spacial score (nSPS) is 10.9. The molecule has 0 aliphatic carbocycles. The first-order valence-electron chi connectivity index (χ1n) is 7.43. The first kappa shape index (κ1) is 14.5. The lowest BCUT2D eigenvalue weighted by Gasteiger charge is -2.11. The van der Waals surface area contributed by atoms with Crippen molar-refractivity contribution in [2.24, 2.45) is 5.73 Å². The summed E-state index contributed by atoms with van der Waals surface area (Å²) in [6, 6.07) is 16.6. The summed E-state index contributed by atoms with van der Waals surface area (Å²) in [6.07, 6.45) is 0. The van der Waals surface area contributed by atoms with Crippen molar-refractivity contribution < 1.29 is 0 Å². The van der Waals surface area contributed by atoms with Gasteiger partial charge in [0.25, 0.3) is 0 Å². The number of hydrogen-bond acceptors (Lipinski definition) is 3. The molecule has 4 heteroatoms. The average molecular weight is 292 g/mol. The van der Waals surface area contributed by atoms with Crippen LogP contribution in [0.15, 0.2) is 48.5 Å². The van der Waals surface area contributed by atoms with Gasteiger partial charge in [-0.3, -0.25) is 0 Å². The lowest BCUT2D eigenvalue weighted by Crippen LogP contribution is -2.07. The molecule has 0 fully saturated rings. The largest absolute Gasteiger partial charge is 0.325 e. The zero-order valence-electron chi connectivity index (χ0n) is 13.0. The SMILES string of the molecule is Cc1ccccc1Cn1nnc(CN)c1-c1ccccc1C. The molecule has 0 unspecified atom stereocenters. The molecule has 3 aromatic rings. The first-order chi connectivity index (χ1) is 10.7. The number of rotatable bonds is 4. The minimum Gasteiger partial charge on any atom is -0.325 e. The van der Waals surface area contributed by atoms with Gasteiger partial charge in [0.05, 0.1) is 12.2 Å². The standard InChI is InChI=1S/C18H20N4/c1-13-7-3-5-9-15(13)12-22-18(17(11-19)20-21-22)16-10-6-4-8-14(16)2/h3-10H,11-12,19H2,1-2H3. The minimum absolute atomic E-state index is 0.386. The molecule has 2 N–H and O–H groups in total. The summed E-state index contributed by atoms with van der Waals surface area (Å²) in [4.78, 5) is 0. The van der Waals surface area contributed by atoms with Gasteiger partial charge in [-0.1, -0.05) is 53.7 Å². The Hall–Kier alpha value is -2.46. The van der Waals surface area contributed by atoms with Gasteiger partial charge in [0, 0.05) is 12.1 Å². The van der Waals surface area contributed by atoms with E-state index in [-0.39, 0.29) is 0 Å². The van der Waals surface area contributed by atoms with Gasteiger partial charge in [-0.2, -0.15) is 0 Å². The molecule has 4 nitrogen and oxygen atoms in total. The molecule has 0 saturated carbocycles. The van der Waals surface area contributed by atoms with E-state index in [0.29, 0.717) is 13.1 Å². The van der Waals surface area contributed by atoms with Crippen LogP contribution in [0.5, 0.6) is 0 Å². The van der Waals surface area contributed by atoms with Gasteiger partial charge in [-0.25, -0.2) is 4.68 Å². The molecular formula is C18H20N4. The van der Waals surface area contributed by atoms with E-state index in [2.05, 4.69) is 54.5 Å². The van der Waals surface area contributed by atoms with Gasteiger partial charge < -0.3 is 5.73 Å². The van der Waals surface area contributed by atoms with Crippen LogP contribution in [-0.2, 0) is 13.1 Å². The second-order valence-electron chi connectivity index (χ2n) is 5.49. The highest BCUT2D eigenvalue weighted by Crippen LogP contribution is 2.26. The number of aromatic nitrogens is 3. The number of hydrogen-bond donors (Lipinski definition) is 1. The maximum Gasteiger partial charge on any atom is 0.104 e. The third kappa shape index (κ3) is 2.65. The highest BCUT2D eigenvalue weighted by atomic mass is 15.4. The molecule has 0 aliphatic rings. The van der Waals surface area contributed by atoms with E-state index in [1.54, 1.807) is 0 Å². The average Bonchev–Trinajstić information content (AvgIpc) is 2.93. The van der Waals surface area contributed by atoms with Crippen LogP contribution in [0.1, 0.15) is 22.4 Å². The van der Waals surface area contributed by atoms with E-state index in [1.165, 1.54) is 16.7 Å². The molecule has 0 radical (unpaired) electrons. The van der Waals surface area contributed by atoms with Crippen LogP contribution >= 0.6 is 0 Å². The van der Waals surface area contributed by atoms with E-state index >= 15 is 0 Å². The third-order valence-electron chi connectivity index (χ3n) is 3.98. The lowest BCUT2D eigenvalue weighted by atomic mass is 10.0. The number of aryl methyl sites for hydroxylation is 2. The summed E-state index contributed by atoms with van der Waals surface area (Å²) in [7, 11) is 0. The highest BCUT2D eigenvalue weighted by Gasteiger charge is 2.16. The molecule has 0 bridgehead atoms.